The van der Waals surface area contributed by atoms with Crippen LogP contribution < -0.4 is 0 Å². The first-order valence-corrected chi connectivity index (χ1v) is 8.90. The third kappa shape index (κ3) is 3.49. The van der Waals surface area contributed by atoms with E-state index in [1.165, 1.54) is 18.4 Å². The van der Waals surface area contributed by atoms with Crippen molar-refractivity contribution < 1.29 is 0 Å². The maximum absolute atomic E-state index is 4.52. The van der Waals surface area contributed by atoms with Crippen LogP contribution in [0.1, 0.15) is 30.1 Å². The van der Waals surface area contributed by atoms with Crippen LogP contribution in [0.5, 0.6) is 0 Å². The fraction of sp³-hybridized carbons (Fsp3) is 0.421. The van der Waals surface area contributed by atoms with Gasteiger partial charge in [0.25, 0.3) is 0 Å². The van der Waals surface area contributed by atoms with E-state index in [1.54, 1.807) is 6.20 Å². The molecule has 0 aliphatic carbocycles. The second-order valence-corrected chi connectivity index (χ2v) is 6.77. The van der Waals surface area contributed by atoms with Gasteiger partial charge in [0.05, 0.1) is 12.2 Å². The van der Waals surface area contributed by atoms with Crippen LogP contribution in [0.25, 0.3) is 5.69 Å². The zero-order valence-electron chi connectivity index (χ0n) is 14.8. The molecule has 1 aliphatic heterocycles. The van der Waals surface area contributed by atoms with Gasteiger partial charge in [-0.2, -0.15) is 10.2 Å². The second-order valence-electron chi connectivity index (χ2n) is 6.77. The number of hydrogen-bond acceptors (Lipinski definition) is 4. The highest BCUT2D eigenvalue weighted by Gasteiger charge is 2.25. The summed E-state index contributed by atoms with van der Waals surface area (Å²) in [7, 11) is 0. The van der Waals surface area contributed by atoms with Crippen molar-refractivity contribution in [2.45, 2.75) is 45.8 Å². The van der Waals surface area contributed by atoms with E-state index < -0.39 is 0 Å². The molecule has 1 aromatic carbocycles. The Kier molecular flexibility index (Phi) is 4.36. The molecule has 0 spiro atoms. The Morgan fingerprint density at radius 3 is 2.68 bits per heavy atom. The Bertz CT molecular complexity index is 818. The maximum atomic E-state index is 4.52. The lowest BCUT2D eigenvalue weighted by Gasteiger charge is -2.24. The molecule has 0 bridgehead atoms. The van der Waals surface area contributed by atoms with Crippen molar-refractivity contribution in [3.63, 3.8) is 0 Å². The van der Waals surface area contributed by atoms with E-state index >= 15 is 0 Å². The lowest BCUT2D eigenvalue weighted by Crippen LogP contribution is -2.33. The minimum Gasteiger partial charge on any atom is -0.294 e. The van der Waals surface area contributed by atoms with Gasteiger partial charge in [-0.1, -0.05) is 12.1 Å². The minimum atomic E-state index is 0.533. The molecule has 4 rings (SSSR count). The van der Waals surface area contributed by atoms with Gasteiger partial charge in [0.1, 0.15) is 11.6 Å². The van der Waals surface area contributed by atoms with Crippen LogP contribution in [0.2, 0.25) is 0 Å². The molecule has 0 amide bonds. The summed E-state index contributed by atoms with van der Waals surface area (Å²) in [6, 6.07) is 11.2. The molecule has 6 heteroatoms. The first-order valence-electron chi connectivity index (χ1n) is 8.90. The van der Waals surface area contributed by atoms with Crippen LogP contribution in [0.4, 0.5) is 0 Å². The largest absolute Gasteiger partial charge is 0.294 e. The molecule has 1 aliphatic rings. The van der Waals surface area contributed by atoms with E-state index in [0.29, 0.717) is 6.04 Å². The summed E-state index contributed by atoms with van der Waals surface area (Å²) in [6.45, 7) is 7.05. The van der Waals surface area contributed by atoms with E-state index in [1.807, 2.05) is 30.8 Å². The van der Waals surface area contributed by atoms with Crippen molar-refractivity contribution in [2.24, 2.45) is 0 Å². The Balaban J connectivity index is 1.43. The SMILES string of the molecule is Cc1nc(C)n(CC2CCCN2Cc2ccc(-n3cccn3)cc2)n1. The predicted molar refractivity (Wildman–Crippen MR) is 96.5 cm³/mol. The Hall–Kier alpha value is -2.47. The van der Waals surface area contributed by atoms with Crippen LogP contribution in [0.3, 0.4) is 0 Å². The zero-order valence-corrected chi connectivity index (χ0v) is 14.8. The van der Waals surface area contributed by atoms with Crippen molar-refractivity contribution in [1.82, 2.24) is 29.4 Å². The quantitative estimate of drug-likeness (QED) is 0.719. The predicted octanol–water partition coefficient (Wildman–Crippen LogP) is 2.75. The number of rotatable bonds is 5. The van der Waals surface area contributed by atoms with E-state index in [2.05, 4.69) is 49.0 Å². The van der Waals surface area contributed by atoms with Gasteiger partial charge in [-0.3, -0.25) is 4.90 Å². The number of likely N-dealkylation sites (tertiary alicyclic amines) is 1. The molecular weight excluding hydrogens is 312 g/mol. The number of aromatic nitrogens is 5. The van der Waals surface area contributed by atoms with Gasteiger partial charge in [0, 0.05) is 25.0 Å². The third-order valence-corrected chi connectivity index (χ3v) is 4.94. The second kappa shape index (κ2) is 6.80. The topological polar surface area (TPSA) is 51.8 Å². The molecule has 1 atom stereocenters. The molecule has 0 saturated carbocycles. The number of nitrogens with zero attached hydrogens (tertiary/aromatic N) is 6. The van der Waals surface area contributed by atoms with E-state index in [9.17, 15) is 0 Å². The molecule has 130 valence electrons. The van der Waals surface area contributed by atoms with Crippen LogP contribution >= 0.6 is 0 Å². The molecule has 3 aromatic rings. The van der Waals surface area contributed by atoms with Crippen molar-refractivity contribution in [1.29, 1.82) is 0 Å². The molecule has 0 radical (unpaired) electrons. The summed E-state index contributed by atoms with van der Waals surface area (Å²) in [6.07, 6.45) is 6.25. The van der Waals surface area contributed by atoms with Crippen LogP contribution in [-0.2, 0) is 13.1 Å². The van der Waals surface area contributed by atoms with Crippen molar-refractivity contribution >= 4 is 0 Å². The monoisotopic (exact) mass is 336 g/mol. The first kappa shape index (κ1) is 16.0. The van der Waals surface area contributed by atoms with Crippen molar-refractivity contribution in [3.05, 3.63) is 59.9 Å². The molecule has 1 unspecified atom stereocenters. The number of aryl methyl sites for hydroxylation is 2. The average molecular weight is 336 g/mol. The van der Waals surface area contributed by atoms with Gasteiger partial charge in [-0.05, 0) is 57.0 Å². The highest BCUT2D eigenvalue weighted by atomic mass is 15.4. The third-order valence-electron chi connectivity index (χ3n) is 4.94. The molecule has 25 heavy (non-hydrogen) atoms. The Morgan fingerprint density at radius 1 is 1.16 bits per heavy atom. The normalized spacial score (nSPS) is 18.1. The first-order chi connectivity index (χ1) is 12.2. The minimum absolute atomic E-state index is 0.533. The summed E-state index contributed by atoms with van der Waals surface area (Å²) in [4.78, 5) is 6.99. The fourth-order valence-electron chi connectivity index (χ4n) is 3.65. The lowest BCUT2D eigenvalue weighted by molar-refractivity contribution is 0.218. The van der Waals surface area contributed by atoms with Gasteiger partial charge in [0.15, 0.2) is 0 Å². The summed E-state index contributed by atoms with van der Waals surface area (Å²) in [5.41, 5.74) is 2.44. The molecule has 1 fully saturated rings. The Labute approximate surface area is 148 Å². The zero-order chi connectivity index (χ0) is 17.2. The fourth-order valence-corrected chi connectivity index (χ4v) is 3.65. The molecule has 1 saturated heterocycles. The molecule has 3 heterocycles. The van der Waals surface area contributed by atoms with E-state index in [4.69, 9.17) is 0 Å². The molecule has 6 nitrogen and oxygen atoms in total. The average Bonchev–Trinajstić information content (AvgIpc) is 3.32. The van der Waals surface area contributed by atoms with Gasteiger partial charge in [0.2, 0.25) is 0 Å². The van der Waals surface area contributed by atoms with Crippen molar-refractivity contribution in [2.75, 3.05) is 6.54 Å². The molecule has 0 N–H and O–H groups in total. The van der Waals surface area contributed by atoms with Crippen LogP contribution in [-0.4, -0.2) is 42.0 Å². The summed E-state index contributed by atoms with van der Waals surface area (Å²) in [5, 5.41) is 8.80. The number of hydrogen-bond donors (Lipinski definition) is 0. The molecule has 2 aromatic heterocycles. The summed E-state index contributed by atoms with van der Waals surface area (Å²) >= 11 is 0. The Morgan fingerprint density at radius 2 is 2.00 bits per heavy atom. The number of benzene rings is 1. The maximum Gasteiger partial charge on any atom is 0.147 e. The summed E-state index contributed by atoms with van der Waals surface area (Å²) in [5.74, 6) is 1.86. The smallest absolute Gasteiger partial charge is 0.147 e. The van der Waals surface area contributed by atoms with Crippen LogP contribution in [0, 0.1) is 13.8 Å². The highest BCUT2D eigenvalue weighted by molar-refractivity contribution is 5.33. The van der Waals surface area contributed by atoms with E-state index in [-0.39, 0.29) is 0 Å². The van der Waals surface area contributed by atoms with E-state index in [0.717, 1.165) is 37.0 Å². The highest BCUT2D eigenvalue weighted by Crippen LogP contribution is 2.22. The van der Waals surface area contributed by atoms with Gasteiger partial charge < -0.3 is 0 Å². The van der Waals surface area contributed by atoms with Gasteiger partial charge in [-0.25, -0.2) is 14.3 Å². The standard InChI is InChI=1S/C19H24N6/c1-15-21-16(2)25(22-15)14-19-5-3-11-23(19)13-17-6-8-18(9-7-17)24-12-4-10-20-24/h4,6-10,12,19H,3,5,11,13-14H2,1-2H3. The van der Waals surface area contributed by atoms with Crippen LogP contribution in [0.15, 0.2) is 42.7 Å². The molecular formula is C19H24N6. The van der Waals surface area contributed by atoms with Gasteiger partial charge >= 0.3 is 0 Å². The van der Waals surface area contributed by atoms with Crippen molar-refractivity contribution in [3.8, 4) is 5.69 Å². The summed E-state index contributed by atoms with van der Waals surface area (Å²) < 4.78 is 3.94. The van der Waals surface area contributed by atoms with Gasteiger partial charge in [-0.15, -0.1) is 0 Å². The lowest BCUT2D eigenvalue weighted by atomic mass is 10.1.